The van der Waals surface area contributed by atoms with E-state index >= 15 is 0 Å². The Labute approximate surface area is 119 Å². The lowest BCUT2D eigenvalue weighted by Crippen LogP contribution is -2.53. The normalized spacial score (nSPS) is 18.4. The fraction of sp³-hybridized carbons (Fsp3) is 0.231. The quantitative estimate of drug-likeness (QED) is 0.753. The maximum Gasteiger partial charge on any atom is 0.187 e. The van der Waals surface area contributed by atoms with Crippen molar-refractivity contribution < 1.29 is 1.43 Å². The molecule has 0 radical (unpaired) electrons. The molecule has 0 spiro atoms. The van der Waals surface area contributed by atoms with Crippen LogP contribution in [-0.4, -0.2) is 30.9 Å². The summed E-state index contributed by atoms with van der Waals surface area (Å²) in [7, 11) is 4.06. The van der Waals surface area contributed by atoms with Crippen LogP contribution in [0.5, 0.6) is 0 Å². The van der Waals surface area contributed by atoms with Gasteiger partial charge in [0.05, 0.1) is 6.54 Å². The maximum absolute atomic E-state index is 4.53. The SMILES string of the molecule is CN(C)c1ccc(CN=C2C=CC3=NNNN3N2)cc1.[HH]. The Hall–Kier alpha value is -2.54. The average molecular weight is 273 g/mol. The van der Waals surface area contributed by atoms with Crippen molar-refractivity contribution in [1.82, 2.24) is 21.6 Å². The Morgan fingerprint density at radius 1 is 1.25 bits per heavy atom. The van der Waals surface area contributed by atoms with Gasteiger partial charge in [0.1, 0.15) is 5.84 Å². The van der Waals surface area contributed by atoms with Gasteiger partial charge < -0.3 is 4.90 Å². The van der Waals surface area contributed by atoms with E-state index in [0.717, 1.165) is 11.7 Å². The van der Waals surface area contributed by atoms with Gasteiger partial charge in [-0.05, 0) is 29.8 Å². The molecule has 0 bridgehead atoms. The summed E-state index contributed by atoms with van der Waals surface area (Å²) in [5.41, 5.74) is 11.0. The first kappa shape index (κ1) is 12.5. The smallest absolute Gasteiger partial charge is 0.187 e. The second-order valence-corrected chi connectivity index (χ2v) is 4.74. The number of fused-ring (bicyclic) bond motifs is 1. The molecule has 0 saturated heterocycles. The van der Waals surface area contributed by atoms with Crippen molar-refractivity contribution in [2.24, 2.45) is 10.1 Å². The number of hydrogen-bond donors (Lipinski definition) is 3. The van der Waals surface area contributed by atoms with Crippen LogP contribution in [0.3, 0.4) is 0 Å². The molecule has 2 heterocycles. The standard InChI is InChI=1S/C13H17N7.H2/c1-19(2)11-5-3-10(4-6-11)9-14-12-7-8-13-15-17-18-20(13)16-12;/h3-8,17-18H,9H2,1-2H3,(H,14,16);1H. The van der Waals surface area contributed by atoms with E-state index in [4.69, 9.17) is 0 Å². The van der Waals surface area contributed by atoms with E-state index in [2.05, 4.69) is 55.8 Å². The van der Waals surface area contributed by atoms with Gasteiger partial charge >= 0.3 is 0 Å². The first-order chi connectivity index (χ1) is 9.72. The zero-order chi connectivity index (χ0) is 13.9. The van der Waals surface area contributed by atoms with Crippen LogP contribution in [0.4, 0.5) is 5.69 Å². The van der Waals surface area contributed by atoms with Crippen LogP contribution in [0.15, 0.2) is 46.5 Å². The molecule has 106 valence electrons. The van der Waals surface area contributed by atoms with Crippen molar-refractivity contribution in [1.29, 1.82) is 0 Å². The van der Waals surface area contributed by atoms with Crippen LogP contribution in [0, 0.1) is 0 Å². The Bertz CT molecular complexity index is 577. The molecular formula is C13H19N7. The minimum absolute atomic E-state index is 0. The lowest BCUT2D eigenvalue weighted by Gasteiger charge is -2.22. The van der Waals surface area contributed by atoms with E-state index in [1.54, 1.807) is 5.12 Å². The fourth-order valence-electron chi connectivity index (χ4n) is 1.91. The maximum atomic E-state index is 4.53. The Balaban J connectivity index is 0.00000161. The summed E-state index contributed by atoms with van der Waals surface area (Å²) in [5, 5.41) is 5.68. The van der Waals surface area contributed by atoms with Gasteiger partial charge in [-0.1, -0.05) is 12.1 Å². The number of rotatable bonds is 3. The predicted molar refractivity (Wildman–Crippen MR) is 81.8 cm³/mol. The van der Waals surface area contributed by atoms with Crippen molar-refractivity contribution in [2.75, 3.05) is 19.0 Å². The highest BCUT2D eigenvalue weighted by molar-refractivity contribution is 6.06. The van der Waals surface area contributed by atoms with Gasteiger partial charge in [-0.15, -0.1) is 10.6 Å². The lowest BCUT2D eigenvalue weighted by molar-refractivity contribution is 0.259. The summed E-state index contributed by atoms with van der Waals surface area (Å²) in [4.78, 5) is 6.61. The summed E-state index contributed by atoms with van der Waals surface area (Å²) in [6, 6.07) is 8.37. The molecule has 3 rings (SSSR count). The number of anilines is 1. The number of hydrazone groups is 1. The third kappa shape index (κ3) is 2.57. The van der Waals surface area contributed by atoms with Crippen LogP contribution >= 0.6 is 0 Å². The second-order valence-electron chi connectivity index (χ2n) is 4.74. The number of benzene rings is 1. The van der Waals surface area contributed by atoms with Crippen LogP contribution in [0.25, 0.3) is 0 Å². The highest BCUT2D eigenvalue weighted by Gasteiger charge is 2.18. The first-order valence-electron chi connectivity index (χ1n) is 6.36. The minimum Gasteiger partial charge on any atom is -0.378 e. The van der Waals surface area contributed by atoms with E-state index in [1.165, 1.54) is 11.3 Å². The van der Waals surface area contributed by atoms with Crippen LogP contribution < -0.4 is 21.4 Å². The number of hydrogen-bond acceptors (Lipinski definition) is 6. The monoisotopic (exact) mass is 273 g/mol. The Morgan fingerprint density at radius 2 is 2.05 bits per heavy atom. The topological polar surface area (TPSA) is 67.3 Å². The van der Waals surface area contributed by atoms with Gasteiger partial charge in [0.15, 0.2) is 5.84 Å². The Kier molecular flexibility index (Phi) is 3.26. The zero-order valence-electron chi connectivity index (χ0n) is 11.5. The highest BCUT2D eigenvalue weighted by atomic mass is 15.9. The molecule has 1 aromatic rings. The second kappa shape index (κ2) is 5.22. The molecule has 0 fully saturated rings. The molecule has 2 aliphatic rings. The summed E-state index contributed by atoms with van der Waals surface area (Å²) in [6.45, 7) is 0.633. The third-order valence-electron chi connectivity index (χ3n) is 3.06. The summed E-state index contributed by atoms with van der Waals surface area (Å²) < 4.78 is 0. The predicted octanol–water partition coefficient (Wildman–Crippen LogP) is 0.610. The number of nitrogens with one attached hydrogen (secondary N) is 3. The van der Waals surface area contributed by atoms with Gasteiger partial charge in [0, 0.05) is 21.2 Å². The molecule has 0 amide bonds. The van der Waals surface area contributed by atoms with Gasteiger partial charge in [-0.2, -0.15) is 5.12 Å². The van der Waals surface area contributed by atoms with E-state index in [9.17, 15) is 0 Å². The summed E-state index contributed by atoms with van der Waals surface area (Å²) in [5.74, 6) is 1.57. The van der Waals surface area contributed by atoms with Crippen LogP contribution in [0.2, 0.25) is 0 Å². The molecule has 0 aromatic heterocycles. The van der Waals surface area contributed by atoms with Crippen LogP contribution in [0.1, 0.15) is 6.99 Å². The molecule has 0 unspecified atom stereocenters. The minimum atomic E-state index is 0. The zero-order valence-corrected chi connectivity index (χ0v) is 11.5. The highest BCUT2D eigenvalue weighted by Crippen LogP contribution is 2.13. The van der Waals surface area contributed by atoms with Crippen LogP contribution in [-0.2, 0) is 6.54 Å². The Morgan fingerprint density at radius 3 is 2.80 bits per heavy atom. The molecule has 7 heteroatoms. The molecule has 0 aliphatic carbocycles. The van der Waals surface area contributed by atoms with Crippen molar-refractivity contribution in [2.45, 2.75) is 6.54 Å². The van der Waals surface area contributed by atoms with Gasteiger partial charge in [-0.25, -0.2) is 5.53 Å². The number of aliphatic imine (C=N–C) groups is 1. The van der Waals surface area contributed by atoms with E-state index in [-0.39, 0.29) is 1.43 Å². The summed E-state index contributed by atoms with van der Waals surface area (Å²) in [6.07, 6.45) is 3.79. The first-order valence-corrected chi connectivity index (χ1v) is 6.36. The van der Waals surface area contributed by atoms with E-state index in [0.29, 0.717) is 6.54 Å². The van der Waals surface area contributed by atoms with Gasteiger partial charge in [-0.3, -0.25) is 10.4 Å². The molecule has 3 N–H and O–H groups in total. The molecule has 0 atom stereocenters. The largest absolute Gasteiger partial charge is 0.378 e. The average Bonchev–Trinajstić information content (AvgIpc) is 2.93. The lowest BCUT2D eigenvalue weighted by atomic mass is 10.2. The third-order valence-corrected chi connectivity index (χ3v) is 3.06. The number of nitrogens with zero attached hydrogens (tertiary/aromatic N) is 4. The van der Waals surface area contributed by atoms with Crippen molar-refractivity contribution in [3.8, 4) is 0 Å². The van der Waals surface area contributed by atoms with Crippen molar-refractivity contribution in [3.63, 3.8) is 0 Å². The van der Waals surface area contributed by atoms with Gasteiger partial charge in [0.25, 0.3) is 0 Å². The van der Waals surface area contributed by atoms with Gasteiger partial charge in [0.2, 0.25) is 0 Å². The van der Waals surface area contributed by atoms with Crippen molar-refractivity contribution in [3.05, 3.63) is 42.0 Å². The molecule has 7 nitrogen and oxygen atoms in total. The van der Waals surface area contributed by atoms with Crippen molar-refractivity contribution >= 4 is 17.4 Å². The number of amidine groups is 2. The molecule has 1 aromatic carbocycles. The van der Waals surface area contributed by atoms with E-state index < -0.39 is 0 Å². The summed E-state index contributed by atoms with van der Waals surface area (Å²) >= 11 is 0. The molecular weight excluding hydrogens is 254 g/mol. The molecule has 0 saturated carbocycles. The molecule has 2 aliphatic heterocycles. The number of hydrazine groups is 3. The van der Waals surface area contributed by atoms with E-state index in [1.807, 2.05) is 26.2 Å². The molecule has 20 heavy (non-hydrogen) atoms. The fourth-order valence-corrected chi connectivity index (χ4v) is 1.91.